The van der Waals surface area contributed by atoms with Crippen molar-refractivity contribution in [2.24, 2.45) is 10.8 Å². The summed E-state index contributed by atoms with van der Waals surface area (Å²) in [6, 6.07) is 8.83. The number of carbonyl (C=O) groups excluding carboxylic acids is 1. The molecule has 1 aromatic carbocycles. The van der Waals surface area contributed by atoms with Crippen LogP contribution in [0.1, 0.15) is 34.1 Å². The molecule has 2 aromatic heterocycles. The lowest BCUT2D eigenvalue weighted by atomic mass is 9.80. The standard InChI is InChI=1S/C27H22F2N6O3S/c1-37-18-3-4-21(33-13-18)26(36)34-17-2-5-23-19(9-17)27(6-7-31-14-39-27)20-10-22(15-8-16(28)12-32-11-15)35(30)25(29)24(20)38-23/h2-5,8-14,22H,6-7,30H2,1H3,(H,34,36)/t22?,27-/m0/s1. The number of aliphatic imine (C=N–C) groups is 1. The molecule has 0 bridgehead atoms. The Kier molecular flexibility index (Phi) is 6.28. The van der Waals surface area contributed by atoms with Crippen molar-refractivity contribution in [1.82, 2.24) is 15.0 Å². The number of ether oxygens (including phenoxy) is 2. The minimum atomic E-state index is -0.822. The van der Waals surface area contributed by atoms with Gasteiger partial charge in [-0.15, -0.1) is 0 Å². The Morgan fingerprint density at radius 3 is 2.82 bits per heavy atom. The number of methoxy groups -OCH3 is 1. The quantitative estimate of drug-likeness (QED) is 0.359. The van der Waals surface area contributed by atoms with Crippen LogP contribution < -0.4 is 20.6 Å². The van der Waals surface area contributed by atoms with E-state index in [-0.39, 0.29) is 11.5 Å². The number of benzene rings is 1. The third-order valence-electron chi connectivity index (χ3n) is 6.80. The van der Waals surface area contributed by atoms with Crippen molar-refractivity contribution in [2.75, 3.05) is 19.0 Å². The molecule has 198 valence electrons. The van der Waals surface area contributed by atoms with Gasteiger partial charge in [-0.2, -0.15) is 4.39 Å². The van der Waals surface area contributed by atoms with Crippen LogP contribution in [-0.4, -0.2) is 40.1 Å². The monoisotopic (exact) mass is 548 g/mol. The van der Waals surface area contributed by atoms with Gasteiger partial charge in [0.05, 0.1) is 35.8 Å². The number of thioether (sulfide) groups is 1. The van der Waals surface area contributed by atoms with Gasteiger partial charge in [-0.25, -0.2) is 15.2 Å². The van der Waals surface area contributed by atoms with Crippen LogP contribution in [0.5, 0.6) is 11.5 Å². The van der Waals surface area contributed by atoms with Crippen LogP contribution in [0.2, 0.25) is 0 Å². The van der Waals surface area contributed by atoms with Gasteiger partial charge in [-0.05, 0) is 48.9 Å². The van der Waals surface area contributed by atoms with E-state index in [1.54, 1.807) is 35.9 Å². The van der Waals surface area contributed by atoms with Gasteiger partial charge in [-0.1, -0.05) is 11.8 Å². The topological polar surface area (TPSA) is 115 Å². The molecule has 3 N–H and O–H groups in total. The van der Waals surface area contributed by atoms with Gasteiger partial charge >= 0.3 is 0 Å². The van der Waals surface area contributed by atoms with E-state index in [1.165, 1.54) is 37.3 Å². The van der Waals surface area contributed by atoms with E-state index in [0.29, 0.717) is 41.3 Å². The Balaban J connectivity index is 1.42. The molecule has 3 aromatic rings. The average Bonchev–Trinajstić information content (AvgIpc) is 2.96. The summed E-state index contributed by atoms with van der Waals surface area (Å²) in [5.41, 5.74) is 4.15. The molecule has 12 heteroatoms. The molecule has 1 unspecified atom stereocenters. The zero-order valence-corrected chi connectivity index (χ0v) is 21.4. The Morgan fingerprint density at radius 1 is 1.23 bits per heavy atom. The third-order valence-corrected chi connectivity index (χ3v) is 8.10. The molecule has 0 aliphatic carbocycles. The van der Waals surface area contributed by atoms with Gasteiger partial charge < -0.3 is 14.8 Å². The second-order valence-electron chi connectivity index (χ2n) is 9.05. The lowest BCUT2D eigenvalue weighted by molar-refractivity contribution is 0.102. The number of fused-ring (bicyclic) bond motifs is 4. The number of nitrogens with two attached hydrogens (primary N) is 1. The second-order valence-corrected chi connectivity index (χ2v) is 10.2. The predicted molar refractivity (Wildman–Crippen MR) is 142 cm³/mol. The van der Waals surface area contributed by atoms with E-state index in [2.05, 4.69) is 20.3 Å². The number of hydrogen-bond donors (Lipinski definition) is 2. The Hall–Kier alpha value is -4.29. The molecule has 1 amide bonds. The highest BCUT2D eigenvalue weighted by molar-refractivity contribution is 8.13. The first kappa shape index (κ1) is 25.0. The number of hydrogen-bond acceptors (Lipinski definition) is 9. The van der Waals surface area contributed by atoms with Crippen LogP contribution in [-0.2, 0) is 4.75 Å². The summed E-state index contributed by atoms with van der Waals surface area (Å²) in [7, 11) is 1.52. The highest BCUT2D eigenvalue weighted by Gasteiger charge is 2.49. The molecule has 0 radical (unpaired) electrons. The van der Waals surface area contributed by atoms with Gasteiger partial charge in [-0.3, -0.25) is 19.8 Å². The average molecular weight is 549 g/mol. The number of allylic oxidation sites excluding steroid dienone is 1. The smallest absolute Gasteiger partial charge is 0.274 e. The SMILES string of the molecule is COc1ccc(C(=O)Nc2ccc3c(c2)[C@@]2(CCN=CS2)C2=CC(c4cncc(F)c4)N(N)C(F)=C2O3)nc1. The largest absolute Gasteiger partial charge is 0.495 e. The number of carbonyl (C=O) groups is 1. The second kappa shape index (κ2) is 9.79. The Morgan fingerprint density at radius 2 is 2.10 bits per heavy atom. The van der Waals surface area contributed by atoms with E-state index >= 15 is 4.39 Å². The zero-order chi connectivity index (χ0) is 27.1. The zero-order valence-electron chi connectivity index (χ0n) is 20.6. The highest BCUT2D eigenvalue weighted by Crippen LogP contribution is 2.58. The first-order chi connectivity index (χ1) is 18.9. The van der Waals surface area contributed by atoms with E-state index in [1.807, 2.05) is 6.07 Å². The van der Waals surface area contributed by atoms with Crippen molar-refractivity contribution in [2.45, 2.75) is 17.2 Å². The maximum atomic E-state index is 15.8. The summed E-state index contributed by atoms with van der Waals surface area (Å²) in [5.74, 6) is 5.36. The third kappa shape index (κ3) is 4.31. The predicted octanol–water partition coefficient (Wildman–Crippen LogP) is 4.63. The molecule has 9 nitrogen and oxygen atoms in total. The maximum absolute atomic E-state index is 15.8. The molecule has 2 atom stereocenters. The normalized spacial score (nSPS) is 21.6. The molecule has 39 heavy (non-hydrogen) atoms. The molecular formula is C27H22F2N6O3S. The highest BCUT2D eigenvalue weighted by atomic mass is 32.2. The van der Waals surface area contributed by atoms with Gasteiger partial charge in [0.25, 0.3) is 5.91 Å². The fourth-order valence-electron chi connectivity index (χ4n) is 4.88. The number of nitrogens with one attached hydrogen (secondary N) is 1. The number of aromatic nitrogens is 2. The number of rotatable bonds is 4. The van der Waals surface area contributed by atoms with Gasteiger partial charge in [0.2, 0.25) is 5.95 Å². The van der Waals surface area contributed by atoms with Crippen LogP contribution in [0.4, 0.5) is 14.5 Å². The Bertz CT molecular complexity index is 1560. The maximum Gasteiger partial charge on any atom is 0.274 e. The van der Waals surface area contributed by atoms with Crippen molar-refractivity contribution in [3.8, 4) is 11.5 Å². The molecule has 1 spiro atoms. The molecule has 0 saturated heterocycles. The summed E-state index contributed by atoms with van der Waals surface area (Å²) < 4.78 is 40.1. The van der Waals surface area contributed by atoms with Crippen molar-refractivity contribution < 1.29 is 23.0 Å². The minimum Gasteiger partial charge on any atom is -0.495 e. The summed E-state index contributed by atoms with van der Waals surface area (Å²) in [4.78, 5) is 25.3. The molecule has 6 rings (SSSR count). The fraction of sp³-hybridized carbons (Fsp3) is 0.185. The fourth-order valence-corrected chi connectivity index (χ4v) is 6.02. The number of amides is 1. The first-order valence-electron chi connectivity index (χ1n) is 12.0. The number of anilines is 1. The van der Waals surface area contributed by atoms with Crippen molar-refractivity contribution in [3.05, 3.63) is 101 Å². The summed E-state index contributed by atoms with van der Waals surface area (Å²) >= 11 is 1.42. The lowest BCUT2D eigenvalue weighted by Crippen LogP contribution is -2.42. The van der Waals surface area contributed by atoms with Crippen LogP contribution in [0.25, 0.3) is 0 Å². The van der Waals surface area contributed by atoms with E-state index < -0.39 is 28.5 Å². The number of halogens is 2. The van der Waals surface area contributed by atoms with Crippen molar-refractivity contribution in [3.63, 3.8) is 0 Å². The number of hydrazine groups is 1. The van der Waals surface area contributed by atoms with Crippen LogP contribution in [0.15, 0.2) is 83.3 Å². The lowest BCUT2D eigenvalue weighted by Gasteiger charge is -2.45. The molecule has 0 fully saturated rings. The number of pyridine rings is 2. The molecule has 3 aliphatic heterocycles. The Labute approximate surface area is 226 Å². The van der Waals surface area contributed by atoms with E-state index in [4.69, 9.17) is 15.3 Å². The van der Waals surface area contributed by atoms with E-state index in [0.717, 1.165) is 16.8 Å². The van der Waals surface area contributed by atoms with E-state index in [9.17, 15) is 9.18 Å². The molecule has 3 aliphatic rings. The van der Waals surface area contributed by atoms with Gasteiger partial charge in [0.15, 0.2) is 5.76 Å². The van der Waals surface area contributed by atoms with Crippen molar-refractivity contribution in [1.29, 1.82) is 0 Å². The summed E-state index contributed by atoms with van der Waals surface area (Å²) in [5, 5.41) is 3.78. The first-order valence-corrected chi connectivity index (χ1v) is 12.8. The molecule has 0 saturated carbocycles. The van der Waals surface area contributed by atoms with Crippen LogP contribution in [0.3, 0.4) is 0 Å². The van der Waals surface area contributed by atoms with Crippen LogP contribution in [0, 0.1) is 5.82 Å². The van der Waals surface area contributed by atoms with Crippen LogP contribution >= 0.6 is 11.8 Å². The summed E-state index contributed by atoms with van der Waals surface area (Å²) in [6.45, 7) is 0.490. The number of nitrogens with zero attached hydrogens (tertiary/aromatic N) is 4. The molecule has 5 heterocycles. The summed E-state index contributed by atoms with van der Waals surface area (Å²) in [6.07, 6.45) is 6.29. The molecular weight excluding hydrogens is 526 g/mol. The van der Waals surface area contributed by atoms with Gasteiger partial charge in [0.1, 0.15) is 23.0 Å². The van der Waals surface area contributed by atoms with Crippen molar-refractivity contribution >= 4 is 28.9 Å². The van der Waals surface area contributed by atoms with Gasteiger partial charge in [0, 0.05) is 35.1 Å². The minimum absolute atomic E-state index is 0.00682.